The first kappa shape index (κ1) is 23.3. The second kappa shape index (κ2) is 8.64. The van der Waals surface area contributed by atoms with Gasteiger partial charge in [-0.25, -0.2) is 12.8 Å². The van der Waals surface area contributed by atoms with Gasteiger partial charge in [0.25, 0.3) is 10.0 Å². The summed E-state index contributed by atoms with van der Waals surface area (Å²) in [7, 11) is -2.79. The first-order valence-electron chi connectivity index (χ1n) is 9.58. The molecule has 4 N–H and O–H groups in total. The van der Waals surface area contributed by atoms with Gasteiger partial charge in [0.05, 0.1) is 34.5 Å². The van der Waals surface area contributed by atoms with Gasteiger partial charge in [0.1, 0.15) is 23.1 Å². The molecule has 0 saturated carbocycles. The van der Waals surface area contributed by atoms with Crippen molar-refractivity contribution in [2.45, 2.75) is 31.2 Å². The molecule has 32 heavy (non-hydrogen) atoms. The van der Waals surface area contributed by atoms with Crippen molar-refractivity contribution in [3.63, 3.8) is 0 Å². The van der Waals surface area contributed by atoms with Crippen LogP contribution < -0.4 is 20.5 Å². The van der Waals surface area contributed by atoms with Gasteiger partial charge >= 0.3 is 0 Å². The van der Waals surface area contributed by atoms with E-state index in [0.29, 0.717) is 17.3 Å². The summed E-state index contributed by atoms with van der Waals surface area (Å²) < 4.78 is 53.5. The summed E-state index contributed by atoms with van der Waals surface area (Å²) in [6.45, 7) is 4.75. The van der Waals surface area contributed by atoms with Crippen molar-refractivity contribution < 1.29 is 26.8 Å². The highest BCUT2D eigenvalue weighted by Gasteiger charge is 2.25. The largest absolute Gasteiger partial charge is 0.497 e. The fraction of sp³-hybridized carbons (Fsp3) is 0.227. The molecule has 10 heteroatoms. The summed E-state index contributed by atoms with van der Waals surface area (Å²) in [6, 6.07) is 11.2. The molecule has 0 spiro atoms. The number of aryl methyl sites for hydroxylation is 1. The maximum absolute atomic E-state index is 14.7. The van der Waals surface area contributed by atoms with Gasteiger partial charge in [-0.3, -0.25) is 9.52 Å². The van der Waals surface area contributed by atoms with E-state index >= 15 is 0 Å². The van der Waals surface area contributed by atoms with Gasteiger partial charge in [-0.05, 0) is 63.2 Å². The Morgan fingerprint density at radius 3 is 2.38 bits per heavy atom. The van der Waals surface area contributed by atoms with Gasteiger partial charge in [-0.2, -0.15) is 0 Å². The van der Waals surface area contributed by atoms with E-state index in [2.05, 4.69) is 10.0 Å². The quantitative estimate of drug-likeness (QED) is 0.491. The van der Waals surface area contributed by atoms with Crippen LogP contribution in [-0.2, 0) is 14.8 Å². The molecule has 0 aliphatic carbocycles. The van der Waals surface area contributed by atoms with Gasteiger partial charge < -0.3 is 20.2 Å². The molecule has 0 radical (unpaired) electrons. The number of ether oxygens (including phenoxy) is 1. The van der Waals surface area contributed by atoms with E-state index < -0.39 is 27.3 Å². The first-order chi connectivity index (χ1) is 14.9. The second-order valence-corrected chi connectivity index (χ2v) is 9.43. The van der Waals surface area contributed by atoms with Crippen molar-refractivity contribution in [1.29, 1.82) is 0 Å². The second-order valence-electron chi connectivity index (χ2n) is 7.74. The summed E-state index contributed by atoms with van der Waals surface area (Å²) in [6.07, 6.45) is 0. The van der Waals surface area contributed by atoms with E-state index in [-0.39, 0.29) is 21.8 Å². The topological polar surface area (TPSA) is 124 Å². The van der Waals surface area contributed by atoms with Crippen LogP contribution >= 0.6 is 0 Å². The lowest BCUT2D eigenvalue weighted by atomic mass is 10.1. The highest BCUT2D eigenvalue weighted by Crippen LogP contribution is 2.31. The zero-order valence-corrected chi connectivity index (χ0v) is 18.8. The Morgan fingerprint density at radius 2 is 1.81 bits per heavy atom. The number of amides is 1. The zero-order chi connectivity index (χ0) is 23.7. The van der Waals surface area contributed by atoms with Gasteiger partial charge in [-0.15, -0.1) is 0 Å². The van der Waals surface area contributed by atoms with E-state index in [1.54, 1.807) is 25.1 Å². The minimum atomic E-state index is -4.21. The van der Waals surface area contributed by atoms with E-state index in [1.807, 2.05) is 0 Å². The predicted molar refractivity (Wildman–Crippen MR) is 120 cm³/mol. The number of sulfonamides is 1. The molecule has 0 fully saturated rings. The van der Waals surface area contributed by atoms with Crippen molar-refractivity contribution in [3.8, 4) is 17.1 Å². The monoisotopic (exact) mass is 461 g/mol. The lowest BCUT2D eigenvalue weighted by Gasteiger charge is -2.20. The van der Waals surface area contributed by atoms with Crippen LogP contribution in [0.25, 0.3) is 11.3 Å². The molecule has 3 aromatic rings. The van der Waals surface area contributed by atoms with E-state index in [9.17, 15) is 17.6 Å². The number of hydrogen-bond acceptors (Lipinski definition) is 6. The van der Waals surface area contributed by atoms with Crippen LogP contribution in [0.2, 0.25) is 0 Å². The van der Waals surface area contributed by atoms with Gasteiger partial charge in [0.15, 0.2) is 0 Å². The number of hydrogen-bond donors (Lipinski definition) is 3. The number of halogens is 1. The van der Waals surface area contributed by atoms with Crippen LogP contribution in [0.5, 0.6) is 5.75 Å². The standard InChI is InChI=1S/C22H24FN3O5S/c1-13-5-10-20(31-13)16-8-7-15(12-17(16)23)32(28,29)26-19-11-14(30-4)6-9-18(19)25-21(27)22(2,3)24/h5-12,26H,24H2,1-4H3,(H,25,27). The molecule has 3 rings (SSSR count). The molecule has 8 nitrogen and oxygen atoms in total. The highest BCUT2D eigenvalue weighted by atomic mass is 32.2. The Bertz CT molecular complexity index is 1260. The fourth-order valence-electron chi connectivity index (χ4n) is 2.77. The normalized spacial score (nSPS) is 11.8. The zero-order valence-electron chi connectivity index (χ0n) is 18.0. The van der Waals surface area contributed by atoms with E-state index in [4.69, 9.17) is 14.9 Å². The molecule has 0 bridgehead atoms. The SMILES string of the molecule is COc1ccc(NC(=O)C(C)(C)N)c(NS(=O)(=O)c2ccc(-c3ccc(C)o3)c(F)c2)c1. The number of carbonyl (C=O) groups is 1. The third-order valence-electron chi connectivity index (χ3n) is 4.56. The highest BCUT2D eigenvalue weighted by molar-refractivity contribution is 7.92. The maximum Gasteiger partial charge on any atom is 0.262 e. The summed E-state index contributed by atoms with van der Waals surface area (Å²) in [5.74, 6) is -0.0360. The molecular weight excluding hydrogens is 437 g/mol. The Labute approximate surface area is 185 Å². The van der Waals surface area contributed by atoms with Crippen molar-refractivity contribution in [1.82, 2.24) is 0 Å². The molecule has 0 aliphatic heterocycles. The minimum absolute atomic E-state index is 0.0353. The Kier molecular flexibility index (Phi) is 6.29. The molecule has 0 unspecified atom stereocenters. The minimum Gasteiger partial charge on any atom is -0.497 e. The Hall–Kier alpha value is -3.37. The summed E-state index contributed by atoms with van der Waals surface area (Å²) >= 11 is 0. The van der Waals surface area contributed by atoms with Crippen molar-refractivity contribution in [3.05, 3.63) is 60.1 Å². The number of anilines is 2. The summed E-state index contributed by atoms with van der Waals surface area (Å²) in [5.41, 5.74) is 4.95. The maximum atomic E-state index is 14.7. The lowest BCUT2D eigenvalue weighted by molar-refractivity contribution is -0.120. The van der Waals surface area contributed by atoms with E-state index in [1.165, 1.54) is 45.2 Å². The van der Waals surface area contributed by atoms with Crippen molar-refractivity contribution >= 4 is 27.3 Å². The molecule has 0 atom stereocenters. The number of nitrogens with one attached hydrogen (secondary N) is 2. The predicted octanol–water partition coefficient (Wildman–Crippen LogP) is 3.88. The van der Waals surface area contributed by atoms with Crippen LogP contribution in [0.3, 0.4) is 0 Å². The molecule has 1 heterocycles. The third-order valence-corrected chi connectivity index (χ3v) is 5.92. The Morgan fingerprint density at radius 1 is 1.09 bits per heavy atom. The molecular formula is C22H24FN3O5S. The molecule has 2 aromatic carbocycles. The van der Waals surface area contributed by atoms with Crippen LogP contribution in [0.1, 0.15) is 19.6 Å². The molecule has 0 aliphatic rings. The fourth-order valence-corrected chi connectivity index (χ4v) is 3.86. The third kappa shape index (κ3) is 5.09. The van der Waals surface area contributed by atoms with Crippen LogP contribution in [0.4, 0.5) is 15.8 Å². The van der Waals surface area contributed by atoms with Crippen LogP contribution in [0.15, 0.2) is 57.8 Å². The van der Waals surface area contributed by atoms with Crippen molar-refractivity contribution in [2.75, 3.05) is 17.1 Å². The smallest absolute Gasteiger partial charge is 0.262 e. The van der Waals surface area contributed by atoms with Crippen molar-refractivity contribution in [2.24, 2.45) is 5.73 Å². The average Bonchev–Trinajstić information content (AvgIpc) is 3.14. The summed E-state index contributed by atoms with van der Waals surface area (Å²) in [4.78, 5) is 12.0. The van der Waals surface area contributed by atoms with Gasteiger partial charge in [-0.1, -0.05) is 0 Å². The lowest BCUT2D eigenvalue weighted by Crippen LogP contribution is -2.45. The molecule has 0 saturated heterocycles. The summed E-state index contributed by atoms with van der Waals surface area (Å²) in [5, 5.41) is 2.59. The number of carbonyl (C=O) groups excluding carboxylic acids is 1. The molecule has 170 valence electrons. The first-order valence-corrected chi connectivity index (χ1v) is 11.1. The molecule has 1 aromatic heterocycles. The van der Waals surface area contributed by atoms with Gasteiger partial charge in [0, 0.05) is 6.07 Å². The number of benzene rings is 2. The number of furan rings is 1. The Balaban J connectivity index is 1.95. The number of rotatable bonds is 7. The number of methoxy groups -OCH3 is 1. The average molecular weight is 462 g/mol. The van der Waals surface area contributed by atoms with E-state index in [0.717, 1.165) is 6.07 Å². The van der Waals surface area contributed by atoms with Crippen LogP contribution in [-0.4, -0.2) is 27.0 Å². The van der Waals surface area contributed by atoms with Gasteiger partial charge in [0.2, 0.25) is 5.91 Å². The molecule has 1 amide bonds. The van der Waals surface area contributed by atoms with Crippen LogP contribution in [0, 0.1) is 12.7 Å². The number of nitrogens with two attached hydrogens (primary N) is 1.